The maximum absolute atomic E-state index is 12.2. The first-order valence-electron chi connectivity index (χ1n) is 8.79. The number of aryl methyl sites for hydroxylation is 3. The molecule has 0 spiro atoms. The van der Waals surface area contributed by atoms with Gasteiger partial charge in [0.15, 0.2) is 0 Å². The summed E-state index contributed by atoms with van der Waals surface area (Å²) in [4.78, 5) is 30.2. The second-order valence-corrected chi connectivity index (χ2v) is 6.79. The van der Waals surface area contributed by atoms with Gasteiger partial charge in [0, 0.05) is 50.3 Å². The lowest BCUT2D eigenvalue weighted by Gasteiger charge is -2.36. The molecular weight excluding hydrogens is 328 g/mol. The largest absolute Gasteiger partial charge is 0.368 e. The van der Waals surface area contributed by atoms with Crippen LogP contribution in [0.25, 0.3) is 10.9 Å². The molecule has 134 valence electrons. The van der Waals surface area contributed by atoms with Crippen LogP contribution in [-0.4, -0.2) is 45.7 Å². The molecule has 3 heterocycles. The first kappa shape index (κ1) is 16.5. The van der Waals surface area contributed by atoms with Crippen LogP contribution in [0.3, 0.4) is 0 Å². The van der Waals surface area contributed by atoms with Crippen LogP contribution in [0.5, 0.6) is 0 Å². The highest BCUT2D eigenvalue weighted by atomic mass is 16.1. The molecule has 0 amide bonds. The zero-order valence-electron chi connectivity index (χ0n) is 15.3. The summed E-state index contributed by atoms with van der Waals surface area (Å²) in [6, 6.07) is 7.87. The molecule has 0 N–H and O–H groups in total. The highest BCUT2D eigenvalue weighted by Crippen LogP contribution is 2.21. The number of aromatic nitrogens is 4. The minimum atomic E-state index is -0.0154. The number of hydrogen-bond donors (Lipinski definition) is 0. The summed E-state index contributed by atoms with van der Waals surface area (Å²) in [5.41, 5.74) is 3.82. The molecule has 2 aromatic heterocycles. The number of rotatable bonds is 2. The molecule has 1 aromatic carbocycles. The Morgan fingerprint density at radius 2 is 1.58 bits per heavy atom. The molecule has 0 unspecified atom stereocenters. The summed E-state index contributed by atoms with van der Waals surface area (Å²) in [5, 5.41) is 0.654. The zero-order chi connectivity index (χ0) is 18.3. The fourth-order valence-electron chi connectivity index (χ4n) is 3.41. The molecule has 1 aliphatic rings. The van der Waals surface area contributed by atoms with Gasteiger partial charge in [-0.25, -0.2) is 15.0 Å². The van der Waals surface area contributed by atoms with Gasteiger partial charge in [0.1, 0.15) is 0 Å². The third-order valence-corrected chi connectivity index (χ3v) is 4.80. The summed E-state index contributed by atoms with van der Waals surface area (Å²) in [7, 11) is 1.72. The average molecular weight is 350 g/mol. The van der Waals surface area contributed by atoms with Crippen molar-refractivity contribution in [3.05, 3.63) is 52.3 Å². The second kappa shape index (κ2) is 6.40. The summed E-state index contributed by atoms with van der Waals surface area (Å²) in [6.45, 7) is 7.50. The number of fused-ring (bicyclic) bond motifs is 1. The number of benzene rings is 1. The number of nitrogens with zero attached hydrogens (tertiary/aromatic N) is 6. The van der Waals surface area contributed by atoms with Crippen LogP contribution in [0, 0.1) is 13.8 Å². The van der Waals surface area contributed by atoms with E-state index in [2.05, 4.69) is 24.8 Å². The van der Waals surface area contributed by atoms with Gasteiger partial charge in [-0.2, -0.15) is 0 Å². The molecule has 1 saturated heterocycles. The third kappa shape index (κ3) is 3.00. The van der Waals surface area contributed by atoms with E-state index in [1.807, 2.05) is 38.1 Å². The molecule has 0 aliphatic carbocycles. The molecule has 0 bridgehead atoms. The maximum atomic E-state index is 12.2. The van der Waals surface area contributed by atoms with Crippen LogP contribution in [0.4, 0.5) is 11.6 Å². The van der Waals surface area contributed by atoms with Gasteiger partial charge in [-0.3, -0.25) is 4.79 Å². The first-order valence-corrected chi connectivity index (χ1v) is 8.79. The van der Waals surface area contributed by atoms with E-state index >= 15 is 0 Å². The molecule has 7 nitrogen and oxygen atoms in total. The topological polar surface area (TPSA) is 67.2 Å². The van der Waals surface area contributed by atoms with E-state index < -0.39 is 0 Å². The fourth-order valence-corrected chi connectivity index (χ4v) is 3.41. The van der Waals surface area contributed by atoms with Crippen molar-refractivity contribution in [3.63, 3.8) is 0 Å². The Labute approximate surface area is 151 Å². The SMILES string of the molecule is Cc1cc(C)nc(N2CCN(c3ccc4c(=O)n(C)cnc4c3)CC2)n1. The van der Waals surface area contributed by atoms with E-state index in [-0.39, 0.29) is 5.56 Å². The lowest BCUT2D eigenvalue weighted by Crippen LogP contribution is -2.47. The van der Waals surface area contributed by atoms with Crippen LogP contribution >= 0.6 is 0 Å². The number of piperazine rings is 1. The van der Waals surface area contributed by atoms with Gasteiger partial charge < -0.3 is 14.4 Å². The smallest absolute Gasteiger partial charge is 0.260 e. The summed E-state index contributed by atoms with van der Waals surface area (Å²) < 4.78 is 1.50. The van der Waals surface area contributed by atoms with Gasteiger partial charge in [-0.1, -0.05) is 0 Å². The van der Waals surface area contributed by atoms with Crippen molar-refractivity contribution in [3.8, 4) is 0 Å². The Balaban J connectivity index is 1.53. The van der Waals surface area contributed by atoms with Crippen LogP contribution in [0.1, 0.15) is 11.4 Å². The van der Waals surface area contributed by atoms with Gasteiger partial charge >= 0.3 is 0 Å². The normalized spacial score (nSPS) is 14.9. The first-order chi connectivity index (χ1) is 12.5. The van der Waals surface area contributed by atoms with Crippen molar-refractivity contribution in [1.29, 1.82) is 0 Å². The van der Waals surface area contributed by atoms with Gasteiger partial charge in [-0.05, 0) is 38.1 Å². The minimum absolute atomic E-state index is 0.0154. The molecule has 4 rings (SSSR count). The Bertz CT molecular complexity index is 1000. The average Bonchev–Trinajstić information content (AvgIpc) is 2.64. The van der Waals surface area contributed by atoms with Gasteiger partial charge in [0.2, 0.25) is 5.95 Å². The second-order valence-electron chi connectivity index (χ2n) is 6.79. The minimum Gasteiger partial charge on any atom is -0.368 e. The quantitative estimate of drug-likeness (QED) is 0.700. The number of anilines is 2. The zero-order valence-corrected chi connectivity index (χ0v) is 15.3. The number of hydrogen-bond acceptors (Lipinski definition) is 6. The molecule has 26 heavy (non-hydrogen) atoms. The Hall–Kier alpha value is -2.96. The van der Waals surface area contributed by atoms with Gasteiger partial charge in [0.05, 0.1) is 17.2 Å². The van der Waals surface area contributed by atoms with E-state index in [1.165, 1.54) is 4.57 Å². The van der Waals surface area contributed by atoms with Crippen molar-refractivity contribution in [2.45, 2.75) is 13.8 Å². The van der Waals surface area contributed by atoms with E-state index in [0.717, 1.165) is 54.7 Å². The van der Waals surface area contributed by atoms with Crippen molar-refractivity contribution >= 4 is 22.5 Å². The van der Waals surface area contributed by atoms with Crippen LogP contribution in [0.15, 0.2) is 35.4 Å². The highest BCUT2D eigenvalue weighted by molar-refractivity contribution is 5.81. The molecule has 7 heteroatoms. The molecule has 1 aliphatic heterocycles. The standard InChI is InChI=1S/C19H22N6O/c1-13-10-14(2)22-19(21-13)25-8-6-24(7-9-25)15-4-5-16-17(11-15)20-12-23(3)18(16)26/h4-5,10-12H,6-9H2,1-3H3. The van der Waals surface area contributed by atoms with E-state index in [0.29, 0.717) is 5.39 Å². The van der Waals surface area contributed by atoms with Gasteiger partial charge in [-0.15, -0.1) is 0 Å². The highest BCUT2D eigenvalue weighted by Gasteiger charge is 2.20. The van der Waals surface area contributed by atoms with E-state index in [4.69, 9.17) is 0 Å². The van der Waals surface area contributed by atoms with E-state index in [1.54, 1.807) is 13.4 Å². The fraction of sp³-hybridized carbons (Fsp3) is 0.368. The molecule has 1 fully saturated rings. The molecule has 0 radical (unpaired) electrons. The third-order valence-electron chi connectivity index (χ3n) is 4.80. The van der Waals surface area contributed by atoms with Crippen LogP contribution in [0.2, 0.25) is 0 Å². The predicted molar refractivity (Wildman–Crippen MR) is 103 cm³/mol. The van der Waals surface area contributed by atoms with Crippen molar-refractivity contribution in [1.82, 2.24) is 19.5 Å². The van der Waals surface area contributed by atoms with Crippen LogP contribution < -0.4 is 15.4 Å². The molecule has 0 saturated carbocycles. The van der Waals surface area contributed by atoms with Crippen molar-refractivity contribution in [2.75, 3.05) is 36.0 Å². The van der Waals surface area contributed by atoms with Gasteiger partial charge in [0.25, 0.3) is 5.56 Å². The molecule has 0 atom stereocenters. The monoisotopic (exact) mass is 350 g/mol. The summed E-state index contributed by atoms with van der Waals surface area (Å²) >= 11 is 0. The molecular formula is C19H22N6O. The Kier molecular flexibility index (Phi) is 4.06. The van der Waals surface area contributed by atoms with E-state index in [9.17, 15) is 4.79 Å². The maximum Gasteiger partial charge on any atom is 0.260 e. The Morgan fingerprint density at radius 1 is 0.923 bits per heavy atom. The lowest BCUT2D eigenvalue weighted by molar-refractivity contribution is 0.638. The summed E-state index contributed by atoms with van der Waals surface area (Å²) in [6.07, 6.45) is 1.57. The molecule has 3 aromatic rings. The van der Waals surface area contributed by atoms with Crippen molar-refractivity contribution in [2.24, 2.45) is 7.05 Å². The van der Waals surface area contributed by atoms with Crippen LogP contribution in [-0.2, 0) is 7.05 Å². The Morgan fingerprint density at radius 3 is 2.27 bits per heavy atom. The predicted octanol–water partition coefficient (Wildman–Crippen LogP) is 1.67. The summed E-state index contributed by atoms with van der Waals surface area (Å²) in [5.74, 6) is 0.811. The van der Waals surface area contributed by atoms with Crippen molar-refractivity contribution < 1.29 is 0 Å². The lowest BCUT2D eigenvalue weighted by atomic mass is 10.2.